The van der Waals surface area contributed by atoms with Gasteiger partial charge < -0.3 is 32.6 Å². The fourth-order valence-electron chi connectivity index (χ4n) is 6.49. The highest BCUT2D eigenvalue weighted by atomic mass is 31.2. The number of esters is 1. The number of hydrogen-bond acceptors (Lipinski definition) is 9. The first-order chi connectivity index (χ1) is 28.1. The molecular formula is C48H64O9P2. The highest BCUT2D eigenvalue weighted by Gasteiger charge is 2.57. The Bertz CT molecular complexity index is 2060. The molecule has 3 saturated heterocycles. The molecule has 0 aliphatic carbocycles. The van der Waals surface area contributed by atoms with E-state index in [4.69, 9.17) is 28.0 Å². The summed E-state index contributed by atoms with van der Waals surface area (Å²) in [7, 11) is -5.99. The van der Waals surface area contributed by atoms with Crippen LogP contribution < -0.4 is 15.9 Å². The Kier molecular flexibility index (Phi) is 15.8. The summed E-state index contributed by atoms with van der Waals surface area (Å²) in [5.74, 6) is 0.793. The zero-order valence-corrected chi connectivity index (χ0v) is 38.2. The predicted molar refractivity (Wildman–Crippen MR) is 238 cm³/mol. The second kappa shape index (κ2) is 20.0. The zero-order valence-electron chi connectivity index (χ0n) is 36.4. The van der Waals surface area contributed by atoms with E-state index in [1.807, 2.05) is 100 Å². The summed E-state index contributed by atoms with van der Waals surface area (Å²) in [5, 5.41) is 1.81. The van der Waals surface area contributed by atoms with Crippen LogP contribution in [0.15, 0.2) is 103 Å². The van der Waals surface area contributed by atoms with Crippen LogP contribution in [0, 0.1) is 6.92 Å². The summed E-state index contributed by atoms with van der Waals surface area (Å²) in [4.78, 5) is 12.1. The van der Waals surface area contributed by atoms with Crippen LogP contribution in [-0.2, 0) is 37.1 Å². The first-order valence-electron chi connectivity index (χ1n) is 21.0. The van der Waals surface area contributed by atoms with Crippen molar-refractivity contribution < 1.29 is 41.9 Å². The van der Waals surface area contributed by atoms with Crippen molar-refractivity contribution in [3.63, 3.8) is 0 Å². The lowest BCUT2D eigenvalue weighted by Gasteiger charge is -2.23. The smallest absolute Gasteiger partial charge is 0.361 e. The second-order valence-corrected chi connectivity index (χ2v) is 21.6. The van der Waals surface area contributed by atoms with Crippen LogP contribution in [0.5, 0.6) is 0 Å². The van der Waals surface area contributed by atoms with Crippen molar-refractivity contribution in [2.24, 2.45) is 0 Å². The molecule has 7 unspecified atom stereocenters. The van der Waals surface area contributed by atoms with Crippen molar-refractivity contribution in [2.45, 2.75) is 110 Å². The van der Waals surface area contributed by atoms with E-state index in [0.717, 1.165) is 35.4 Å². The summed E-state index contributed by atoms with van der Waals surface area (Å²) >= 11 is 0. The van der Waals surface area contributed by atoms with Crippen LogP contribution in [0.3, 0.4) is 0 Å². The number of carbonyl (C=O) groups is 1. The minimum absolute atomic E-state index is 0.208. The molecule has 7 atom stereocenters. The Morgan fingerprint density at radius 3 is 1.68 bits per heavy atom. The van der Waals surface area contributed by atoms with E-state index in [1.54, 1.807) is 19.1 Å². The summed E-state index contributed by atoms with van der Waals surface area (Å²) in [5.41, 5.74) is 3.71. The van der Waals surface area contributed by atoms with Crippen LogP contribution in [0.25, 0.3) is 0 Å². The van der Waals surface area contributed by atoms with E-state index < -0.39 is 20.1 Å². The Labute approximate surface area is 352 Å². The van der Waals surface area contributed by atoms with Crippen molar-refractivity contribution in [1.29, 1.82) is 0 Å². The Morgan fingerprint density at radius 1 is 0.678 bits per heavy atom. The van der Waals surface area contributed by atoms with Gasteiger partial charge in [0, 0.05) is 10.6 Å². The van der Waals surface area contributed by atoms with E-state index in [1.165, 1.54) is 11.1 Å². The molecule has 4 aromatic carbocycles. The predicted octanol–water partition coefficient (Wildman–Crippen LogP) is 10.5. The van der Waals surface area contributed by atoms with Gasteiger partial charge in [-0.05, 0) is 93.7 Å². The maximum Gasteiger partial charge on any atom is 0.361 e. The van der Waals surface area contributed by atoms with Gasteiger partial charge in [0.2, 0.25) is 0 Å². The normalized spacial score (nSPS) is 24.4. The van der Waals surface area contributed by atoms with Crippen molar-refractivity contribution in [3.8, 4) is 0 Å². The van der Waals surface area contributed by atoms with Gasteiger partial charge in [0.25, 0.3) is 0 Å². The van der Waals surface area contributed by atoms with Crippen molar-refractivity contribution in [1.82, 2.24) is 0 Å². The number of hydrogen-bond donors (Lipinski definition) is 0. The lowest BCUT2D eigenvalue weighted by molar-refractivity contribution is 0.0389. The van der Waals surface area contributed by atoms with Crippen molar-refractivity contribution in [3.05, 3.63) is 125 Å². The molecule has 320 valence electrons. The number of carbonyl (C=O) groups excluding carboxylic acids is 1. The first kappa shape index (κ1) is 46.7. The monoisotopic (exact) mass is 846 g/mol. The van der Waals surface area contributed by atoms with Crippen LogP contribution in [-0.4, -0.2) is 62.2 Å². The third kappa shape index (κ3) is 11.7. The zero-order chi connectivity index (χ0) is 42.9. The third-order valence-corrected chi connectivity index (χ3v) is 17.3. The molecule has 11 heteroatoms. The molecule has 0 N–H and O–H groups in total. The van der Waals surface area contributed by atoms with Gasteiger partial charge in [-0.2, -0.15) is 0 Å². The minimum Gasteiger partial charge on any atom is -0.459 e. The quantitative estimate of drug-likeness (QED) is 0.0582. The van der Waals surface area contributed by atoms with E-state index in [9.17, 15) is 13.9 Å². The fraction of sp³-hybridized carbons (Fsp3) is 0.479. The van der Waals surface area contributed by atoms with Crippen molar-refractivity contribution >= 4 is 36.6 Å². The minimum atomic E-state index is -3.21. The summed E-state index contributed by atoms with van der Waals surface area (Å²) in [6.07, 6.45) is 3.09. The molecule has 9 nitrogen and oxygen atoms in total. The Hall–Kier alpha value is -3.39. The SMILES string of the molecule is CCC(C)c1ccc(C(=O)OCC2(CC)CO2)c(C)c1.CCC(C)c1ccc(P(=O)(c2ccccc2)C2(C)CO2)cc1.CCOP(=O)(OCC1(C)CO1)c1ccccc1. The van der Waals surface area contributed by atoms with E-state index in [0.29, 0.717) is 62.3 Å². The van der Waals surface area contributed by atoms with Gasteiger partial charge in [-0.25, -0.2) is 4.79 Å². The Morgan fingerprint density at radius 2 is 1.20 bits per heavy atom. The van der Waals surface area contributed by atoms with E-state index in [-0.39, 0.29) is 17.2 Å². The van der Waals surface area contributed by atoms with Gasteiger partial charge in [0.1, 0.15) is 23.2 Å². The maximum absolute atomic E-state index is 13.9. The standard InChI is InChI=1S/C19H23O2P.C17H24O3.C12H17O4P/c1-4-15(2)16-10-12-18(13-11-16)22(20,19(3)14-21-19)17-8-6-5-7-9-17;1-5-12(3)14-7-8-15(13(4)9-14)16(18)19-10-17(6-2)11-20-17;1-3-15-17(13,11-7-5-4-6-8-11)16-10-12(2)9-14-12/h5-13,15H,4,14H2,1-3H3;7-9,12H,5-6,10-11H2,1-4H3;4-8H,3,9-10H2,1-2H3. The molecule has 0 bridgehead atoms. The number of rotatable bonds is 17. The molecule has 4 aromatic rings. The van der Waals surface area contributed by atoms with E-state index >= 15 is 0 Å². The molecule has 0 radical (unpaired) electrons. The first-order valence-corrected chi connectivity index (χ1v) is 24.3. The lowest BCUT2D eigenvalue weighted by Crippen LogP contribution is -2.26. The molecule has 0 amide bonds. The van der Waals surface area contributed by atoms with Crippen LogP contribution >= 0.6 is 14.7 Å². The van der Waals surface area contributed by atoms with Gasteiger partial charge in [-0.15, -0.1) is 0 Å². The lowest BCUT2D eigenvalue weighted by atomic mass is 9.95. The number of epoxide rings is 3. The van der Waals surface area contributed by atoms with Gasteiger partial charge >= 0.3 is 13.6 Å². The third-order valence-electron chi connectivity index (χ3n) is 11.6. The van der Waals surface area contributed by atoms with E-state index in [2.05, 4.69) is 45.9 Å². The van der Waals surface area contributed by atoms with Crippen LogP contribution in [0.2, 0.25) is 0 Å². The molecule has 3 heterocycles. The average molecular weight is 847 g/mol. The highest BCUT2D eigenvalue weighted by Crippen LogP contribution is 2.63. The fourth-order valence-corrected chi connectivity index (χ4v) is 11.2. The van der Waals surface area contributed by atoms with Crippen LogP contribution in [0.1, 0.15) is 114 Å². The number of aryl methyl sites for hydroxylation is 1. The summed E-state index contributed by atoms with van der Waals surface area (Å²) in [6, 6.07) is 33.1. The van der Waals surface area contributed by atoms with Gasteiger partial charge in [-0.1, -0.05) is 120 Å². The molecule has 0 aromatic heterocycles. The van der Waals surface area contributed by atoms with Crippen LogP contribution in [0.4, 0.5) is 0 Å². The molecule has 3 fully saturated rings. The summed E-state index contributed by atoms with van der Waals surface area (Å²) in [6.45, 7) is 21.4. The average Bonchev–Trinajstić information content (AvgIpc) is 4.21. The maximum atomic E-state index is 13.9. The van der Waals surface area contributed by atoms with Gasteiger partial charge in [0.05, 0.1) is 43.9 Å². The molecule has 0 spiro atoms. The van der Waals surface area contributed by atoms with Gasteiger partial charge in [0.15, 0.2) is 7.14 Å². The number of benzene rings is 4. The number of ether oxygens (including phenoxy) is 4. The molecule has 7 rings (SSSR count). The molecular weight excluding hydrogens is 782 g/mol. The van der Waals surface area contributed by atoms with Gasteiger partial charge in [-0.3, -0.25) is 4.57 Å². The highest BCUT2D eigenvalue weighted by molar-refractivity contribution is 7.80. The largest absolute Gasteiger partial charge is 0.459 e. The molecule has 3 aliphatic heterocycles. The molecule has 0 saturated carbocycles. The van der Waals surface area contributed by atoms with Crippen molar-refractivity contribution in [2.75, 3.05) is 39.6 Å². The molecule has 3 aliphatic rings. The topological polar surface area (TPSA) is 116 Å². The summed E-state index contributed by atoms with van der Waals surface area (Å²) < 4.78 is 58.9. The molecule has 59 heavy (non-hydrogen) atoms. The second-order valence-electron chi connectivity index (χ2n) is 16.4. The Balaban J connectivity index is 0.000000170.